The van der Waals surface area contributed by atoms with Crippen molar-refractivity contribution in [2.75, 3.05) is 13.1 Å². The van der Waals surface area contributed by atoms with E-state index >= 15 is 0 Å². The number of hydrogen-bond acceptors (Lipinski definition) is 1. The predicted octanol–water partition coefficient (Wildman–Crippen LogP) is 3.50. The van der Waals surface area contributed by atoms with Gasteiger partial charge in [0, 0.05) is 0 Å². The van der Waals surface area contributed by atoms with E-state index in [1.807, 2.05) is 0 Å². The molecule has 1 nitrogen and oxygen atoms in total. The van der Waals surface area contributed by atoms with E-state index in [-0.39, 0.29) is 0 Å². The Labute approximate surface area is 106 Å². The Morgan fingerprint density at radius 3 is 2.71 bits per heavy atom. The Bertz CT molecular complexity index is 343. The molecule has 0 bridgehead atoms. The molecule has 1 N–H and O–H groups in total. The molecule has 0 amide bonds. The van der Waals surface area contributed by atoms with Crippen molar-refractivity contribution in [2.45, 2.75) is 51.9 Å². The summed E-state index contributed by atoms with van der Waals surface area (Å²) >= 11 is 0. The van der Waals surface area contributed by atoms with Crippen LogP contribution in [0.2, 0.25) is 0 Å². The van der Waals surface area contributed by atoms with Gasteiger partial charge < -0.3 is 5.32 Å². The molecule has 0 saturated heterocycles. The van der Waals surface area contributed by atoms with Gasteiger partial charge in [0.1, 0.15) is 0 Å². The molecular weight excluding hydrogens is 206 g/mol. The van der Waals surface area contributed by atoms with Crippen molar-refractivity contribution in [2.24, 2.45) is 0 Å². The van der Waals surface area contributed by atoms with E-state index < -0.39 is 0 Å². The lowest BCUT2D eigenvalue weighted by molar-refractivity contribution is 0.638. The van der Waals surface area contributed by atoms with Crippen molar-refractivity contribution in [3.8, 4) is 0 Å². The van der Waals surface area contributed by atoms with Crippen LogP contribution in [0, 0.1) is 0 Å². The van der Waals surface area contributed by atoms with Crippen molar-refractivity contribution in [1.29, 1.82) is 0 Å². The third-order valence-corrected chi connectivity index (χ3v) is 3.71. The highest BCUT2D eigenvalue weighted by molar-refractivity contribution is 5.33. The van der Waals surface area contributed by atoms with Gasteiger partial charge in [0.05, 0.1) is 0 Å². The first-order valence-electron chi connectivity index (χ1n) is 7.21. The first kappa shape index (κ1) is 12.6. The summed E-state index contributed by atoms with van der Waals surface area (Å²) in [5.74, 6) is 0. The number of aryl methyl sites for hydroxylation is 2. The minimum Gasteiger partial charge on any atom is -0.316 e. The summed E-state index contributed by atoms with van der Waals surface area (Å²) in [6, 6.07) is 7.12. The van der Waals surface area contributed by atoms with E-state index in [2.05, 4.69) is 30.4 Å². The summed E-state index contributed by atoms with van der Waals surface area (Å²) in [7, 11) is 0. The maximum atomic E-state index is 3.51. The van der Waals surface area contributed by atoms with Crippen LogP contribution in [0.4, 0.5) is 0 Å². The molecule has 0 spiro atoms. The lowest BCUT2D eigenvalue weighted by atomic mass is 9.90. The number of hydrogen-bond donors (Lipinski definition) is 1. The second kappa shape index (κ2) is 6.80. The number of rotatable bonds is 6. The molecule has 0 fully saturated rings. The molecule has 1 aliphatic carbocycles. The normalized spacial score (nSPS) is 14.6. The monoisotopic (exact) mass is 231 g/mol. The van der Waals surface area contributed by atoms with E-state index in [1.54, 1.807) is 11.1 Å². The summed E-state index contributed by atoms with van der Waals surface area (Å²) in [6.45, 7) is 4.53. The second-order valence-electron chi connectivity index (χ2n) is 5.16. The number of unbranched alkanes of at least 4 members (excludes halogenated alkanes) is 1. The molecule has 0 radical (unpaired) electrons. The van der Waals surface area contributed by atoms with Gasteiger partial charge in [0.15, 0.2) is 0 Å². The number of nitrogens with one attached hydrogen (secondary N) is 1. The fraction of sp³-hybridized carbons (Fsp3) is 0.625. The first-order chi connectivity index (χ1) is 8.40. The third kappa shape index (κ3) is 3.85. The Balaban J connectivity index is 1.81. The highest BCUT2D eigenvalue weighted by atomic mass is 14.8. The maximum Gasteiger partial charge on any atom is -0.000835 e. The Kier molecular flexibility index (Phi) is 5.06. The lowest BCUT2D eigenvalue weighted by Crippen LogP contribution is -2.18. The SMILES string of the molecule is CCCCNCCc1ccc2c(c1)CCCC2. The zero-order valence-corrected chi connectivity index (χ0v) is 11.1. The number of benzene rings is 1. The van der Waals surface area contributed by atoms with Gasteiger partial charge in [-0.15, -0.1) is 0 Å². The molecule has 1 aliphatic rings. The Hall–Kier alpha value is -0.820. The van der Waals surface area contributed by atoms with Gasteiger partial charge in [-0.05, 0) is 68.3 Å². The molecule has 1 aromatic rings. The van der Waals surface area contributed by atoms with E-state index in [1.165, 1.54) is 57.1 Å². The average Bonchev–Trinajstić information content (AvgIpc) is 2.38. The Morgan fingerprint density at radius 1 is 1.06 bits per heavy atom. The van der Waals surface area contributed by atoms with Gasteiger partial charge in [0.25, 0.3) is 0 Å². The van der Waals surface area contributed by atoms with Crippen LogP contribution in [-0.2, 0) is 19.3 Å². The van der Waals surface area contributed by atoms with Gasteiger partial charge in [-0.3, -0.25) is 0 Å². The fourth-order valence-corrected chi connectivity index (χ4v) is 2.60. The van der Waals surface area contributed by atoms with Crippen molar-refractivity contribution in [1.82, 2.24) is 5.32 Å². The van der Waals surface area contributed by atoms with Gasteiger partial charge in [-0.1, -0.05) is 31.5 Å². The van der Waals surface area contributed by atoms with Crippen LogP contribution in [0.3, 0.4) is 0 Å². The molecule has 1 heteroatoms. The molecule has 17 heavy (non-hydrogen) atoms. The van der Waals surface area contributed by atoms with Crippen LogP contribution < -0.4 is 5.32 Å². The molecule has 1 aromatic carbocycles. The fourth-order valence-electron chi connectivity index (χ4n) is 2.60. The molecule has 0 saturated carbocycles. The van der Waals surface area contributed by atoms with Crippen LogP contribution in [0.25, 0.3) is 0 Å². The molecule has 0 heterocycles. The van der Waals surface area contributed by atoms with Crippen molar-refractivity contribution in [3.63, 3.8) is 0 Å². The predicted molar refractivity (Wildman–Crippen MR) is 74.6 cm³/mol. The Morgan fingerprint density at radius 2 is 1.88 bits per heavy atom. The molecule has 2 rings (SSSR count). The zero-order chi connectivity index (χ0) is 11.9. The van der Waals surface area contributed by atoms with E-state index in [9.17, 15) is 0 Å². The van der Waals surface area contributed by atoms with Crippen molar-refractivity contribution < 1.29 is 0 Å². The quantitative estimate of drug-likeness (QED) is 0.739. The minimum atomic E-state index is 1.12. The highest BCUT2D eigenvalue weighted by Crippen LogP contribution is 2.22. The first-order valence-corrected chi connectivity index (χ1v) is 7.21. The van der Waals surface area contributed by atoms with Crippen LogP contribution in [0.5, 0.6) is 0 Å². The average molecular weight is 231 g/mol. The largest absolute Gasteiger partial charge is 0.316 e. The standard InChI is InChI=1S/C16H25N/c1-2-3-11-17-12-10-14-8-9-15-6-4-5-7-16(15)13-14/h8-9,13,17H,2-7,10-12H2,1H3. The summed E-state index contributed by atoms with van der Waals surface area (Å²) in [6.07, 6.45) is 9.11. The lowest BCUT2D eigenvalue weighted by Gasteiger charge is -2.16. The number of fused-ring (bicyclic) bond motifs is 1. The summed E-state index contributed by atoms with van der Waals surface area (Å²) in [5, 5.41) is 3.51. The molecule has 0 atom stereocenters. The van der Waals surface area contributed by atoms with Gasteiger partial charge in [-0.25, -0.2) is 0 Å². The molecule has 0 unspecified atom stereocenters. The molecule has 0 aromatic heterocycles. The van der Waals surface area contributed by atoms with Gasteiger partial charge in [-0.2, -0.15) is 0 Å². The van der Waals surface area contributed by atoms with Crippen molar-refractivity contribution in [3.05, 3.63) is 34.9 Å². The summed E-state index contributed by atoms with van der Waals surface area (Å²) in [5.41, 5.74) is 4.72. The van der Waals surface area contributed by atoms with E-state index in [4.69, 9.17) is 0 Å². The molecule has 94 valence electrons. The topological polar surface area (TPSA) is 12.0 Å². The minimum absolute atomic E-state index is 1.12. The third-order valence-electron chi connectivity index (χ3n) is 3.71. The smallest absolute Gasteiger partial charge is 0.000835 e. The maximum absolute atomic E-state index is 3.51. The highest BCUT2D eigenvalue weighted by Gasteiger charge is 2.08. The molecule has 0 aliphatic heterocycles. The summed E-state index contributed by atoms with van der Waals surface area (Å²) < 4.78 is 0. The van der Waals surface area contributed by atoms with Crippen LogP contribution in [0.1, 0.15) is 49.3 Å². The second-order valence-corrected chi connectivity index (χ2v) is 5.16. The van der Waals surface area contributed by atoms with Crippen LogP contribution >= 0.6 is 0 Å². The van der Waals surface area contributed by atoms with Gasteiger partial charge in [0.2, 0.25) is 0 Å². The van der Waals surface area contributed by atoms with Crippen LogP contribution in [0.15, 0.2) is 18.2 Å². The van der Waals surface area contributed by atoms with E-state index in [0.29, 0.717) is 0 Å². The van der Waals surface area contributed by atoms with Crippen molar-refractivity contribution >= 4 is 0 Å². The summed E-state index contributed by atoms with van der Waals surface area (Å²) in [4.78, 5) is 0. The molecular formula is C16H25N. The van der Waals surface area contributed by atoms with Gasteiger partial charge >= 0.3 is 0 Å². The van der Waals surface area contributed by atoms with Crippen LogP contribution in [-0.4, -0.2) is 13.1 Å². The van der Waals surface area contributed by atoms with E-state index in [0.717, 1.165) is 6.54 Å². The zero-order valence-electron chi connectivity index (χ0n) is 11.1.